The number of methoxy groups -OCH3 is 2. The fourth-order valence-electron chi connectivity index (χ4n) is 1.67. The molecule has 1 N–H and O–H groups in total. The summed E-state index contributed by atoms with van der Waals surface area (Å²) in [6, 6.07) is 3.26. The predicted molar refractivity (Wildman–Crippen MR) is 64.6 cm³/mol. The van der Waals surface area contributed by atoms with Crippen LogP contribution in [0.3, 0.4) is 0 Å². The Morgan fingerprint density at radius 2 is 2.22 bits per heavy atom. The summed E-state index contributed by atoms with van der Waals surface area (Å²) in [7, 11) is 2.77. The Morgan fingerprint density at radius 3 is 2.89 bits per heavy atom. The van der Waals surface area contributed by atoms with Gasteiger partial charge in [0.15, 0.2) is 0 Å². The van der Waals surface area contributed by atoms with Gasteiger partial charge in [0.25, 0.3) is 5.56 Å². The topological polar surface area (TPSA) is 81.3 Å². The Hall–Kier alpha value is -2.37. The summed E-state index contributed by atoms with van der Waals surface area (Å²) in [5.41, 5.74) is 0.613. The smallest absolute Gasteiger partial charge is 0.310 e. The molecular formula is C12H12N2O4. The number of nitrogens with zero attached hydrogens (tertiary/aromatic N) is 1. The van der Waals surface area contributed by atoms with Crippen LogP contribution < -0.4 is 10.3 Å². The van der Waals surface area contributed by atoms with E-state index in [2.05, 4.69) is 14.7 Å². The van der Waals surface area contributed by atoms with Crippen molar-refractivity contribution in [3.8, 4) is 5.88 Å². The molecule has 0 saturated carbocycles. The Kier molecular flexibility index (Phi) is 3.27. The van der Waals surface area contributed by atoms with Gasteiger partial charge in [0.2, 0.25) is 5.88 Å². The zero-order valence-electron chi connectivity index (χ0n) is 10.0. The largest absolute Gasteiger partial charge is 0.481 e. The Balaban J connectivity index is 2.59. The average Bonchev–Trinajstić information content (AvgIpc) is 2.38. The third-order valence-electron chi connectivity index (χ3n) is 2.57. The molecule has 2 aromatic rings. The molecule has 0 radical (unpaired) electrons. The highest BCUT2D eigenvalue weighted by molar-refractivity contribution is 5.84. The van der Waals surface area contributed by atoms with Gasteiger partial charge in [-0.15, -0.1) is 0 Å². The molecule has 0 aliphatic heterocycles. The summed E-state index contributed by atoms with van der Waals surface area (Å²) in [5, 5.41) is 0.651. The Morgan fingerprint density at radius 1 is 1.44 bits per heavy atom. The lowest BCUT2D eigenvalue weighted by molar-refractivity contribution is -0.139. The molecule has 0 amide bonds. The van der Waals surface area contributed by atoms with Gasteiger partial charge in [0.1, 0.15) is 0 Å². The Labute approximate surface area is 103 Å². The number of fused-ring (bicyclic) bond motifs is 1. The van der Waals surface area contributed by atoms with Crippen LogP contribution in [0.2, 0.25) is 0 Å². The molecule has 6 nitrogen and oxygen atoms in total. The first-order chi connectivity index (χ1) is 8.65. The first-order valence-electron chi connectivity index (χ1n) is 5.27. The van der Waals surface area contributed by atoms with Crippen LogP contribution in [0.25, 0.3) is 10.9 Å². The molecule has 0 atom stereocenters. The number of carbonyl (C=O) groups excluding carboxylic acids is 1. The van der Waals surface area contributed by atoms with Crippen LogP contribution in [0.5, 0.6) is 5.88 Å². The lowest BCUT2D eigenvalue weighted by atomic mass is 10.1. The lowest BCUT2D eigenvalue weighted by Crippen LogP contribution is -2.17. The summed E-state index contributed by atoms with van der Waals surface area (Å²) < 4.78 is 9.64. The van der Waals surface area contributed by atoms with E-state index in [0.717, 1.165) is 0 Å². The normalized spacial score (nSPS) is 10.3. The highest BCUT2D eigenvalue weighted by Gasteiger charge is 2.11. The van der Waals surface area contributed by atoms with Crippen LogP contribution in [0.1, 0.15) is 5.56 Å². The number of pyridine rings is 2. The molecule has 0 aliphatic rings. The maximum atomic E-state index is 11.8. The third kappa shape index (κ3) is 2.17. The van der Waals surface area contributed by atoms with Crippen molar-refractivity contribution in [1.82, 2.24) is 9.97 Å². The number of hydrogen-bond donors (Lipinski definition) is 1. The summed E-state index contributed by atoms with van der Waals surface area (Å²) >= 11 is 0. The fourth-order valence-corrected chi connectivity index (χ4v) is 1.67. The summed E-state index contributed by atoms with van der Waals surface area (Å²) in [5.74, 6) is -0.0717. The van der Waals surface area contributed by atoms with Crippen molar-refractivity contribution < 1.29 is 14.3 Å². The van der Waals surface area contributed by atoms with Gasteiger partial charge in [-0.2, -0.15) is 0 Å². The zero-order chi connectivity index (χ0) is 13.1. The van der Waals surface area contributed by atoms with E-state index >= 15 is 0 Å². The molecule has 0 aliphatic carbocycles. The van der Waals surface area contributed by atoms with Gasteiger partial charge >= 0.3 is 5.97 Å². The van der Waals surface area contributed by atoms with Crippen LogP contribution in [0, 0.1) is 0 Å². The van der Waals surface area contributed by atoms with E-state index in [0.29, 0.717) is 22.3 Å². The minimum absolute atomic E-state index is 0.0835. The maximum absolute atomic E-state index is 11.8. The van der Waals surface area contributed by atoms with Gasteiger partial charge in [-0.05, 0) is 12.1 Å². The van der Waals surface area contributed by atoms with E-state index in [9.17, 15) is 9.59 Å². The number of carbonyl (C=O) groups is 1. The number of hydrogen-bond acceptors (Lipinski definition) is 5. The van der Waals surface area contributed by atoms with Crippen molar-refractivity contribution >= 4 is 16.9 Å². The first-order valence-corrected chi connectivity index (χ1v) is 5.27. The number of nitrogens with one attached hydrogen (secondary N) is 1. The molecule has 2 rings (SSSR count). The molecular weight excluding hydrogens is 236 g/mol. The predicted octanol–water partition coefficient (Wildman–Crippen LogP) is 0.647. The number of esters is 1. The minimum atomic E-state index is -0.470. The molecule has 94 valence electrons. The van der Waals surface area contributed by atoms with Crippen LogP contribution in [-0.4, -0.2) is 30.2 Å². The van der Waals surface area contributed by atoms with E-state index < -0.39 is 5.97 Å². The molecule has 0 aromatic carbocycles. The summed E-state index contributed by atoms with van der Waals surface area (Å²) in [6.45, 7) is 0. The number of rotatable bonds is 3. The van der Waals surface area contributed by atoms with Gasteiger partial charge in [0.05, 0.1) is 31.5 Å². The second-order valence-electron chi connectivity index (χ2n) is 3.66. The quantitative estimate of drug-likeness (QED) is 0.806. The number of aromatic amines is 1. The SMILES string of the molecule is COC(=O)Cc1cc2c(OC)nccc2[nH]c1=O. The van der Waals surface area contributed by atoms with E-state index in [1.165, 1.54) is 20.4 Å². The van der Waals surface area contributed by atoms with Crippen LogP contribution in [0.15, 0.2) is 23.1 Å². The van der Waals surface area contributed by atoms with Gasteiger partial charge < -0.3 is 14.5 Å². The van der Waals surface area contributed by atoms with Crippen molar-refractivity contribution in [3.63, 3.8) is 0 Å². The monoisotopic (exact) mass is 248 g/mol. The average molecular weight is 248 g/mol. The van der Waals surface area contributed by atoms with Crippen molar-refractivity contribution in [3.05, 3.63) is 34.2 Å². The number of H-pyrrole nitrogens is 1. The second-order valence-corrected chi connectivity index (χ2v) is 3.66. The van der Waals surface area contributed by atoms with Gasteiger partial charge in [-0.1, -0.05) is 0 Å². The highest BCUT2D eigenvalue weighted by atomic mass is 16.5. The molecule has 0 spiro atoms. The molecule has 18 heavy (non-hydrogen) atoms. The second kappa shape index (κ2) is 4.87. The molecule has 6 heteroatoms. The first kappa shape index (κ1) is 12.1. The van der Waals surface area contributed by atoms with Crippen molar-refractivity contribution in [1.29, 1.82) is 0 Å². The van der Waals surface area contributed by atoms with Gasteiger partial charge in [-0.3, -0.25) is 9.59 Å². The molecule has 0 fully saturated rings. The summed E-state index contributed by atoms with van der Waals surface area (Å²) in [6.07, 6.45) is 1.46. The van der Waals surface area contributed by atoms with E-state index in [1.54, 1.807) is 12.1 Å². The molecule has 2 aromatic heterocycles. The standard InChI is InChI=1S/C12H12N2O4/c1-17-10(15)6-7-5-8-9(14-11(7)16)3-4-13-12(8)18-2/h3-5H,6H2,1-2H3,(H,14,16). The molecule has 2 heterocycles. The molecule has 0 bridgehead atoms. The molecule has 0 saturated heterocycles. The fraction of sp³-hybridized carbons (Fsp3) is 0.250. The van der Waals surface area contributed by atoms with Crippen molar-refractivity contribution in [2.75, 3.05) is 14.2 Å². The van der Waals surface area contributed by atoms with Crippen LogP contribution in [0.4, 0.5) is 0 Å². The number of aromatic nitrogens is 2. The van der Waals surface area contributed by atoms with E-state index in [-0.39, 0.29) is 12.0 Å². The van der Waals surface area contributed by atoms with Crippen molar-refractivity contribution in [2.45, 2.75) is 6.42 Å². The maximum Gasteiger partial charge on any atom is 0.310 e. The van der Waals surface area contributed by atoms with Crippen LogP contribution >= 0.6 is 0 Å². The van der Waals surface area contributed by atoms with E-state index in [1.807, 2.05) is 0 Å². The number of ether oxygens (including phenoxy) is 2. The summed E-state index contributed by atoms with van der Waals surface area (Å²) in [4.78, 5) is 29.7. The lowest BCUT2D eigenvalue weighted by Gasteiger charge is -2.05. The minimum Gasteiger partial charge on any atom is -0.481 e. The third-order valence-corrected chi connectivity index (χ3v) is 2.57. The molecule has 0 unspecified atom stereocenters. The highest BCUT2D eigenvalue weighted by Crippen LogP contribution is 2.20. The van der Waals surface area contributed by atoms with Crippen molar-refractivity contribution in [2.24, 2.45) is 0 Å². The van der Waals surface area contributed by atoms with Gasteiger partial charge in [0, 0.05) is 11.8 Å². The zero-order valence-corrected chi connectivity index (χ0v) is 10.0. The van der Waals surface area contributed by atoms with Crippen LogP contribution in [-0.2, 0) is 16.0 Å². The Bertz CT molecular complexity index is 648. The van der Waals surface area contributed by atoms with E-state index in [4.69, 9.17) is 4.74 Å². The van der Waals surface area contributed by atoms with Gasteiger partial charge in [-0.25, -0.2) is 4.98 Å².